The Balaban J connectivity index is 1.86. The first-order valence-corrected chi connectivity index (χ1v) is 10.2. The molecule has 0 aliphatic rings. The summed E-state index contributed by atoms with van der Waals surface area (Å²) in [5.74, 6) is 0.958. The van der Waals surface area contributed by atoms with Gasteiger partial charge in [-0.1, -0.05) is 75.9 Å². The van der Waals surface area contributed by atoms with Crippen LogP contribution in [0.25, 0.3) is 11.1 Å². The van der Waals surface area contributed by atoms with E-state index in [9.17, 15) is 0 Å². The largest absolute Gasteiger partial charge is 0.494 e. The summed E-state index contributed by atoms with van der Waals surface area (Å²) in [5, 5.41) is 0. The maximum absolute atomic E-state index is 5.88. The molecule has 2 nitrogen and oxygen atoms in total. The van der Waals surface area contributed by atoms with E-state index in [4.69, 9.17) is 9.47 Å². The van der Waals surface area contributed by atoms with Gasteiger partial charge in [0.15, 0.2) is 0 Å². The third-order valence-electron chi connectivity index (χ3n) is 4.70. The number of hydrogen-bond donors (Lipinski definition) is 0. The van der Waals surface area contributed by atoms with Gasteiger partial charge in [0.25, 0.3) is 0 Å². The maximum atomic E-state index is 5.88. The molecule has 2 aromatic carbocycles. The molecule has 0 spiro atoms. The van der Waals surface area contributed by atoms with Crippen molar-refractivity contribution in [2.75, 3.05) is 13.2 Å². The van der Waals surface area contributed by atoms with Crippen LogP contribution >= 0.6 is 0 Å². The van der Waals surface area contributed by atoms with Crippen molar-refractivity contribution in [3.05, 3.63) is 54.1 Å². The summed E-state index contributed by atoms with van der Waals surface area (Å²) in [5.41, 5.74) is 3.68. The van der Waals surface area contributed by atoms with E-state index in [2.05, 4.69) is 69.3 Å². The van der Waals surface area contributed by atoms with Gasteiger partial charge in [0.05, 0.1) is 12.7 Å². The van der Waals surface area contributed by atoms with E-state index in [1.165, 1.54) is 42.4 Å². The van der Waals surface area contributed by atoms with Crippen LogP contribution in [0.2, 0.25) is 0 Å². The molecule has 0 aromatic heterocycles. The molecular weight excluding hydrogens is 320 g/mol. The molecule has 1 unspecified atom stereocenters. The lowest BCUT2D eigenvalue weighted by molar-refractivity contribution is 0.0637. The lowest BCUT2D eigenvalue weighted by atomic mass is 10.0. The molecule has 1 atom stereocenters. The summed E-state index contributed by atoms with van der Waals surface area (Å²) in [7, 11) is 0. The van der Waals surface area contributed by atoms with Gasteiger partial charge in [0.2, 0.25) is 0 Å². The first kappa shape index (κ1) is 20.5. The summed E-state index contributed by atoms with van der Waals surface area (Å²) in [6, 6.07) is 17.1. The smallest absolute Gasteiger partial charge is 0.119 e. The molecule has 0 heterocycles. The van der Waals surface area contributed by atoms with Crippen LogP contribution in [0.5, 0.6) is 5.75 Å². The van der Waals surface area contributed by atoms with E-state index in [0.29, 0.717) is 0 Å². The molecule has 0 radical (unpaired) electrons. The zero-order chi connectivity index (χ0) is 18.6. The Morgan fingerprint density at radius 1 is 0.692 bits per heavy atom. The number of unbranched alkanes of at least 4 members (excludes halogenated alkanes) is 4. The van der Waals surface area contributed by atoms with Crippen molar-refractivity contribution in [1.29, 1.82) is 0 Å². The van der Waals surface area contributed by atoms with Crippen LogP contribution in [-0.2, 0) is 4.74 Å². The molecule has 142 valence electrons. The zero-order valence-corrected chi connectivity index (χ0v) is 16.7. The summed E-state index contributed by atoms with van der Waals surface area (Å²) < 4.78 is 11.7. The fraction of sp³-hybridized carbons (Fsp3) is 0.500. The molecule has 0 saturated carbocycles. The van der Waals surface area contributed by atoms with E-state index in [1.54, 1.807) is 0 Å². The minimum Gasteiger partial charge on any atom is -0.494 e. The normalized spacial score (nSPS) is 12.1. The van der Waals surface area contributed by atoms with Crippen LogP contribution in [-0.4, -0.2) is 13.2 Å². The molecule has 2 rings (SSSR count). The van der Waals surface area contributed by atoms with Gasteiger partial charge in [-0.3, -0.25) is 0 Å². The van der Waals surface area contributed by atoms with Crippen LogP contribution in [0.1, 0.15) is 71.0 Å². The second kappa shape index (κ2) is 11.7. The molecule has 0 aliphatic heterocycles. The fourth-order valence-electron chi connectivity index (χ4n) is 2.91. The lowest BCUT2D eigenvalue weighted by Crippen LogP contribution is -2.01. The van der Waals surface area contributed by atoms with E-state index in [0.717, 1.165) is 31.8 Å². The van der Waals surface area contributed by atoms with Crippen LogP contribution in [0.15, 0.2) is 48.5 Å². The predicted octanol–water partition coefficient (Wildman–Crippen LogP) is 7.19. The second-order valence-electron chi connectivity index (χ2n) is 6.92. The molecule has 0 N–H and O–H groups in total. The minimum absolute atomic E-state index is 0.152. The quantitative estimate of drug-likeness (QED) is 0.375. The predicted molar refractivity (Wildman–Crippen MR) is 111 cm³/mol. The third kappa shape index (κ3) is 6.84. The van der Waals surface area contributed by atoms with Crippen molar-refractivity contribution in [1.82, 2.24) is 0 Å². The number of hydrogen-bond acceptors (Lipinski definition) is 2. The molecule has 26 heavy (non-hydrogen) atoms. The average Bonchev–Trinajstić information content (AvgIpc) is 2.68. The van der Waals surface area contributed by atoms with Gasteiger partial charge in [-0.15, -0.1) is 0 Å². The fourth-order valence-corrected chi connectivity index (χ4v) is 2.91. The van der Waals surface area contributed by atoms with Gasteiger partial charge in [-0.05, 0) is 48.6 Å². The van der Waals surface area contributed by atoms with Gasteiger partial charge >= 0.3 is 0 Å². The Morgan fingerprint density at radius 3 is 1.92 bits per heavy atom. The minimum atomic E-state index is 0.152. The van der Waals surface area contributed by atoms with Crippen LogP contribution in [0.4, 0.5) is 0 Å². The van der Waals surface area contributed by atoms with Crippen LogP contribution in [0, 0.1) is 0 Å². The van der Waals surface area contributed by atoms with Gasteiger partial charge < -0.3 is 9.47 Å². The lowest BCUT2D eigenvalue weighted by Gasteiger charge is -2.14. The molecule has 0 amide bonds. The van der Waals surface area contributed by atoms with Crippen molar-refractivity contribution in [2.24, 2.45) is 0 Å². The van der Waals surface area contributed by atoms with E-state index < -0.39 is 0 Å². The van der Waals surface area contributed by atoms with Crippen molar-refractivity contribution >= 4 is 0 Å². The monoisotopic (exact) mass is 354 g/mol. The first-order chi connectivity index (χ1) is 12.7. The topological polar surface area (TPSA) is 18.5 Å². The SMILES string of the molecule is CCCCCCOc1ccc(-c2ccc(C(C)OCCCC)cc2)cc1. The Morgan fingerprint density at radius 2 is 1.31 bits per heavy atom. The second-order valence-corrected chi connectivity index (χ2v) is 6.92. The number of benzene rings is 2. The molecule has 2 heteroatoms. The molecule has 2 aromatic rings. The Hall–Kier alpha value is -1.80. The van der Waals surface area contributed by atoms with E-state index >= 15 is 0 Å². The van der Waals surface area contributed by atoms with Gasteiger partial charge in [0, 0.05) is 6.61 Å². The zero-order valence-electron chi connectivity index (χ0n) is 16.7. The highest BCUT2D eigenvalue weighted by atomic mass is 16.5. The van der Waals surface area contributed by atoms with Gasteiger partial charge in [0.1, 0.15) is 5.75 Å². The van der Waals surface area contributed by atoms with Crippen molar-refractivity contribution in [3.63, 3.8) is 0 Å². The first-order valence-electron chi connectivity index (χ1n) is 10.2. The standard InChI is InChI=1S/C24H34O2/c1-4-6-8-9-19-26-24-16-14-23(15-17-24)22-12-10-21(11-13-22)20(3)25-18-7-5-2/h10-17,20H,4-9,18-19H2,1-3H3. The summed E-state index contributed by atoms with van der Waals surface area (Å²) in [6.45, 7) is 8.18. The third-order valence-corrected chi connectivity index (χ3v) is 4.70. The molecule has 0 aliphatic carbocycles. The Kier molecular flexibility index (Phi) is 9.27. The Bertz CT molecular complexity index is 601. The van der Waals surface area contributed by atoms with E-state index in [1.807, 2.05) is 0 Å². The average molecular weight is 355 g/mol. The highest BCUT2D eigenvalue weighted by Gasteiger charge is 2.06. The van der Waals surface area contributed by atoms with Crippen molar-refractivity contribution in [3.8, 4) is 16.9 Å². The van der Waals surface area contributed by atoms with Crippen LogP contribution < -0.4 is 4.74 Å². The summed E-state index contributed by atoms with van der Waals surface area (Å²) >= 11 is 0. The van der Waals surface area contributed by atoms with E-state index in [-0.39, 0.29) is 6.10 Å². The van der Waals surface area contributed by atoms with Gasteiger partial charge in [-0.2, -0.15) is 0 Å². The van der Waals surface area contributed by atoms with Crippen LogP contribution in [0.3, 0.4) is 0 Å². The summed E-state index contributed by atoms with van der Waals surface area (Å²) in [6.07, 6.45) is 7.38. The molecular formula is C24H34O2. The maximum Gasteiger partial charge on any atom is 0.119 e. The Labute approximate surface area is 159 Å². The van der Waals surface area contributed by atoms with Crippen molar-refractivity contribution in [2.45, 2.75) is 65.4 Å². The van der Waals surface area contributed by atoms with Gasteiger partial charge in [-0.25, -0.2) is 0 Å². The molecule has 0 saturated heterocycles. The van der Waals surface area contributed by atoms with Crippen molar-refractivity contribution < 1.29 is 9.47 Å². The molecule has 0 fully saturated rings. The molecule has 0 bridgehead atoms. The summed E-state index contributed by atoms with van der Waals surface area (Å²) in [4.78, 5) is 0. The highest BCUT2D eigenvalue weighted by Crippen LogP contribution is 2.25. The number of ether oxygens (including phenoxy) is 2. The highest BCUT2D eigenvalue weighted by molar-refractivity contribution is 5.64. The number of rotatable bonds is 12.